The Hall–Kier alpha value is -3.56. The van der Waals surface area contributed by atoms with Gasteiger partial charge in [0.05, 0.1) is 44.8 Å². The summed E-state index contributed by atoms with van der Waals surface area (Å²) in [7, 11) is 0. The molecule has 2 aromatic heterocycles. The molecule has 0 radical (unpaired) electrons. The molecule has 1 saturated carbocycles. The molecule has 39 heavy (non-hydrogen) atoms. The zero-order valence-corrected chi connectivity index (χ0v) is 22.5. The Labute approximate surface area is 229 Å². The van der Waals surface area contributed by atoms with Crippen LogP contribution in [0, 0.1) is 17.5 Å². The van der Waals surface area contributed by atoms with Crippen molar-refractivity contribution < 1.29 is 13.2 Å². The maximum atomic E-state index is 15.0. The Balaban J connectivity index is 1.50. The minimum absolute atomic E-state index is 0.0311. The summed E-state index contributed by atoms with van der Waals surface area (Å²) in [6.07, 6.45) is 5.55. The van der Waals surface area contributed by atoms with E-state index in [-0.39, 0.29) is 39.2 Å². The molecule has 2 aromatic carbocycles. The predicted octanol–water partition coefficient (Wildman–Crippen LogP) is 6.37. The largest absolute Gasteiger partial charge is 0.383 e. The molecule has 6 nitrogen and oxygen atoms in total. The lowest BCUT2D eigenvalue weighted by Crippen LogP contribution is -2.36. The first kappa shape index (κ1) is 25.7. The van der Waals surface area contributed by atoms with Gasteiger partial charge in [0.1, 0.15) is 23.3 Å². The molecule has 3 atom stereocenters. The van der Waals surface area contributed by atoms with E-state index < -0.39 is 17.5 Å². The van der Waals surface area contributed by atoms with Crippen LogP contribution in [0.1, 0.15) is 44.7 Å². The molecular weight excluding hydrogens is 525 g/mol. The highest BCUT2D eigenvalue weighted by Crippen LogP contribution is 2.52. The van der Waals surface area contributed by atoms with Gasteiger partial charge < -0.3 is 16.4 Å². The summed E-state index contributed by atoms with van der Waals surface area (Å²) in [5.41, 5.74) is 8.98. The first-order chi connectivity index (χ1) is 18.5. The third-order valence-electron chi connectivity index (χ3n) is 8.43. The predicted molar refractivity (Wildman–Crippen MR) is 148 cm³/mol. The van der Waals surface area contributed by atoms with Gasteiger partial charge in [0, 0.05) is 29.4 Å². The van der Waals surface area contributed by atoms with Crippen LogP contribution in [0.15, 0.2) is 53.8 Å². The molecule has 10 heteroatoms. The molecule has 6 rings (SSSR count). The molecule has 3 heterocycles. The van der Waals surface area contributed by atoms with Crippen LogP contribution in [-0.4, -0.2) is 32.6 Å². The minimum atomic E-state index is -0.638. The third-order valence-corrected chi connectivity index (χ3v) is 8.75. The smallest absolute Gasteiger partial charge is 0.135 e. The maximum absolute atomic E-state index is 15.0. The van der Waals surface area contributed by atoms with E-state index in [0.29, 0.717) is 34.3 Å². The van der Waals surface area contributed by atoms with Crippen LogP contribution < -0.4 is 16.4 Å². The number of fused-ring (bicyclic) bond motifs is 2. The SMILES string of the molecule is CCc1cc(F)c(-c2cc3c(NC4CCC5(C)NC45C)c(C(N)=Nc4cc(F)ccc4Cl)cnn3c2)c(F)c1. The average Bonchev–Trinajstić information content (AvgIpc) is 3.13. The van der Waals surface area contributed by atoms with Gasteiger partial charge in [0.25, 0.3) is 0 Å². The fourth-order valence-electron chi connectivity index (χ4n) is 5.85. The van der Waals surface area contributed by atoms with Crippen molar-refractivity contribution in [2.75, 3.05) is 5.32 Å². The highest BCUT2D eigenvalue weighted by Gasteiger charge is 2.68. The summed E-state index contributed by atoms with van der Waals surface area (Å²) in [4.78, 5) is 4.40. The van der Waals surface area contributed by atoms with E-state index in [0.717, 1.165) is 12.8 Å². The van der Waals surface area contributed by atoms with Crippen LogP contribution in [0.25, 0.3) is 16.6 Å². The van der Waals surface area contributed by atoms with Gasteiger partial charge in [-0.05, 0) is 69.0 Å². The van der Waals surface area contributed by atoms with Gasteiger partial charge in [-0.15, -0.1) is 0 Å². The molecule has 1 aliphatic carbocycles. The summed E-state index contributed by atoms with van der Waals surface area (Å²) in [6.45, 7) is 6.21. The highest BCUT2D eigenvalue weighted by atomic mass is 35.5. The fraction of sp³-hybridized carbons (Fsp3) is 0.310. The van der Waals surface area contributed by atoms with E-state index in [1.165, 1.54) is 36.5 Å². The molecule has 2 fully saturated rings. The van der Waals surface area contributed by atoms with Gasteiger partial charge in [-0.3, -0.25) is 0 Å². The molecule has 202 valence electrons. The van der Waals surface area contributed by atoms with E-state index >= 15 is 8.78 Å². The molecule has 1 saturated heterocycles. The van der Waals surface area contributed by atoms with Gasteiger partial charge in [-0.1, -0.05) is 18.5 Å². The first-order valence-corrected chi connectivity index (χ1v) is 13.3. The summed E-state index contributed by atoms with van der Waals surface area (Å²) in [5, 5.41) is 11.9. The zero-order chi connectivity index (χ0) is 27.7. The number of piperidine rings is 1. The number of nitrogens with two attached hydrogens (primary N) is 1. The van der Waals surface area contributed by atoms with Gasteiger partial charge >= 0.3 is 0 Å². The zero-order valence-electron chi connectivity index (χ0n) is 21.7. The van der Waals surface area contributed by atoms with Crippen LogP contribution in [-0.2, 0) is 6.42 Å². The van der Waals surface area contributed by atoms with Crippen molar-refractivity contribution >= 4 is 34.3 Å². The Bertz CT molecular complexity index is 1640. The molecule has 0 amide bonds. The van der Waals surface area contributed by atoms with E-state index in [1.54, 1.807) is 16.8 Å². The topological polar surface area (TPSA) is 89.6 Å². The lowest BCUT2D eigenvalue weighted by Gasteiger charge is -2.23. The normalized spacial score (nSPS) is 24.3. The number of nitrogens with zero attached hydrogens (tertiary/aromatic N) is 3. The minimum Gasteiger partial charge on any atom is -0.383 e. The van der Waals surface area contributed by atoms with E-state index in [4.69, 9.17) is 17.3 Å². The van der Waals surface area contributed by atoms with Gasteiger partial charge in [0.2, 0.25) is 0 Å². The van der Waals surface area contributed by atoms with Crippen molar-refractivity contribution in [3.05, 3.63) is 82.4 Å². The molecule has 2 aliphatic rings. The number of anilines is 1. The van der Waals surface area contributed by atoms with E-state index in [2.05, 4.69) is 34.6 Å². The lowest BCUT2D eigenvalue weighted by molar-refractivity contribution is 0.570. The summed E-state index contributed by atoms with van der Waals surface area (Å²) in [5.74, 6) is -1.70. The molecule has 4 aromatic rings. The second kappa shape index (κ2) is 8.99. The molecular formula is C29H28ClF3N6. The van der Waals surface area contributed by atoms with Crippen molar-refractivity contribution in [3.63, 3.8) is 0 Å². The molecule has 3 unspecified atom stereocenters. The van der Waals surface area contributed by atoms with Crippen molar-refractivity contribution in [1.82, 2.24) is 14.9 Å². The van der Waals surface area contributed by atoms with Crippen LogP contribution in [0.4, 0.5) is 24.5 Å². The van der Waals surface area contributed by atoms with E-state index in [1.807, 2.05) is 6.92 Å². The molecule has 0 spiro atoms. The number of halogens is 4. The van der Waals surface area contributed by atoms with Crippen LogP contribution in [0.3, 0.4) is 0 Å². The number of benzene rings is 2. The van der Waals surface area contributed by atoms with Crippen LogP contribution in [0.2, 0.25) is 5.02 Å². The highest BCUT2D eigenvalue weighted by molar-refractivity contribution is 6.33. The van der Waals surface area contributed by atoms with Gasteiger partial charge in [-0.2, -0.15) is 5.10 Å². The molecule has 1 aliphatic heterocycles. The van der Waals surface area contributed by atoms with Crippen molar-refractivity contribution in [3.8, 4) is 11.1 Å². The molecule has 0 bridgehead atoms. The fourth-order valence-corrected chi connectivity index (χ4v) is 6.01. The number of hydrogen-bond donors (Lipinski definition) is 3. The number of rotatable bonds is 6. The number of aromatic nitrogens is 2. The van der Waals surface area contributed by atoms with Crippen molar-refractivity contribution in [2.24, 2.45) is 10.7 Å². The average molecular weight is 553 g/mol. The first-order valence-electron chi connectivity index (χ1n) is 12.9. The number of amidine groups is 1. The van der Waals surface area contributed by atoms with Crippen molar-refractivity contribution in [2.45, 2.75) is 57.2 Å². The summed E-state index contributed by atoms with van der Waals surface area (Å²) < 4.78 is 45.5. The Morgan fingerprint density at radius 3 is 2.59 bits per heavy atom. The standard InChI is InChI=1S/C29H28ClF3N6/c1-4-15-9-20(32)25(21(33)10-15)16-11-23-26(37-24-7-8-28(2)29(24,3)38-28)18(13-35-39(23)14-16)27(34)36-22-12-17(31)5-6-19(22)30/h5-6,9-14,24,37-38H,4,7-8H2,1-3H3,(H2,34,36). The van der Waals surface area contributed by atoms with Gasteiger partial charge in [0.15, 0.2) is 0 Å². The lowest BCUT2D eigenvalue weighted by atomic mass is 9.97. The Morgan fingerprint density at radius 1 is 1.21 bits per heavy atom. The maximum Gasteiger partial charge on any atom is 0.135 e. The van der Waals surface area contributed by atoms with Gasteiger partial charge in [-0.25, -0.2) is 22.7 Å². The number of aliphatic imine (C=N–C) groups is 1. The third kappa shape index (κ3) is 4.15. The summed E-state index contributed by atoms with van der Waals surface area (Å²) in [6, 6.07) is 8.29. The second-order valence-corrected chi connectivity index (χ2v) is 11.2. The summed E-state index contributed by atoms with van der Waals surface area (Å²) >= 11 is 6.24. The Morgan fingerprint density at radius 2 is 1.95 bits per heavy atom. The quantitative estimate of drug-likeness (QED) is 0.147. The number of aryl methyl sites for hydroxylation is 1. The second-order valence-electron chi connectivity index (χ2n) is 10.8. The Kier molecular flexibility index (Phi) is 5.93. The van der Waals surface area contributed by atoms with Crippen molar-refractivity contribution in [1.29, 1.82) is 0 Å². The number of hydrogen-bond acceptors (Lipinski definition) is 4. The number of nitrogens with one attached hydrogen (secondary N) is 2. The van der Waals surface area contributed by atoms with E-state index in [9.17, 15) is 4.39 Å². The van der Waals surface area contributed by atoms with Crippen LogP contribution in [0.5, 0.6) is 0 Å². The monoisotopic (exact) mass is 552 g/mol. The molecule has 4 N–H and O–H groups in total. The van der Waals surface area contributed by atoms with Crippen LogP contribution >= 0.6 is 11.6 Å².